The Balaban J connectivity index is 9.11. The van der Waals surface area contributed by atoms with E-state index in [1.54, 1.807) is 0 Å². The van der Waals surface area contributed by atoms with Crippen molar-refractivity contribution in [2.24, 2.45) is 0 Å². The van der Waals surface area contributed by atoms with Gasteiger partial charge in [0.25, 0.3) is 53.8 Å². The topological polar surface area (TPSA) is 339 Å². The van der Waals surface area contributed by atoms with Crippen molar-refractivity contribution in [2.75, 3.05) is 0 Å². The van der Waals surface area contributed by atoms with Crippen LogP contribution in [0.25, 0.3) is 0 Å². The van der Waals surface area contributed by atoms with E-state index in [1.165, 1.54) is 13.1 Å². The molecule has 0 amide bonds. The van der Waals surface area contributed by atoms with E-state index in [9.17, 15) is 67.1 Å². The Morgan fingerprint density at radius 2 is 0.829 bits per heavy atom. The molecule has 20 nitrogen and oxygen atoms in total. The summed E-state index contributed by atoms with van der Waals surface area (Å²) in [7, 11) is -46.0. The fourth-order valence-electron chi connectivity index (χ4n) is 4.56. The van der Waals surface area contributed by atoms with Crippen LogP contribution in [-0.2, 0) is 24.7 Å². The molecule has 0 aromatic heterocycles. The molecule has 0 aromatic carbocycles. The van der Waals surface area contributed by atoms with Gasteiger partial charge in [-0.1, -0.05) is 0 Å². The van der Waals surface area contributed by atoms with E-state index in [-0.39, 0.29) is 0 Å². The minimum atomic E-state index is -5.37. The van der Waals surface area contributed by atoms with Gasteiger partial charge in [-0.2, -0.15) is 0 Å². The first-order valence-corrected chi connectivity index (χ1v) is 58.5. The van der Waals surface area contributed by atoms with Crippen molar-refractivity contribution in [3.63, 3.8) is 0 Å². The molecule has 41 heavy (non-hydrogen) atoms. The zero-order valence-electron chi connectivity index (χ0n) is 22.7. The molecule has 39 heteroatoms. The lowest BCUT2D eigenvalue weighted by Gasteiger charge is -2.62. The summed E-state index contributed by atoms with van der Waals surface area (Å²) in [6.07, 6.45) is 0. The normalized spacial score (nSPS) is 25.2. The summed E-state index contributed by atoms with van der Waals surface area (Å²) in [4.78, 5) is 151. The predicted molar refractivity (Wildman–Crippen MR) is 192 cm³/mol. The minimum Gasteiger partial charge on any atom is -0.441 e. The maximum absolute atomic E-state index is 12.4. The molecule has 248 valence electrons. The van der Waals surface area contributed by atoms with E-state index >= 15 is 0 Å². The van der Waals surface area contributed by atoms with Crippen LogP contribution in [0.1, 0.15) is 0 Å². The molecule has 14 N–H and O–H groups in total. The maximum Gasteiger partial charge on any atom is 0.338 e. The van der Waals surface area contributed by atoms with Gasteiger partial charge < -0.3 is 91.8 Å². The average Bonchev–Trinajstić information content (AvgIpc) is 2.95. The Bertz CT molecular complexity index is 726. The molecule has 2 atom stereocenters. The van der Waals surface area contributed by atoms with Crippen molar-refractivity contribution in [2.45, 2.75) is 13.1 Å². The highest BCUT2D eigenvalue weighted by Crippen LogP contribution is 2.43. The highest BCUT2D eigenvalue weighted by atomic mass is 30.4. The summed E-state index contributed by atoms with van der Waals surface area (Å²) in [5, 5.41) is 0. The Morgan fingerprint density at radius 1 is 0.439 bits per heavy atom. The van der Waals surface area contributed by atoms with E-state index < -0.39 is 166 Å². The molecule has 0 rings (SSSR count). The Hall–Kier alpha value is 3.32. The van der Waals surface area contributed by atoms with Gasteiger partial charge in [-0.05, 0) is 13.1 Å². The molecule has 0 fully saturated rings. The van der Waals surface area contributed by atoms with Crippen LogP contribution in [0.2, 0.25) is 13.1 Å². The highest BCUT2D eigenvalue weighted by Gasteiger charge is 2.89. The van der Waals surface area contributed by atoms with Gasteiger partial charge in [0.2, 0.25) is 32.3 Å². The van der Waals surface area contributed by atoms with Gasteiger partial charge in [0.15, 0.2) is 55.7 Å². The lowest BCUT2D eigenvalue weighted by Crippen LogP contribution is -3.06. The Morgan fingerprint density at radius 3 is 1.12 bits per heavy atom. The van der Waals surface area contributed by atoms with Gasteiger partial charge in [-0.3, -0.25) is 0 Å². The number of rotatable bonds is 24. The number of hydrogen-bond acceptors (Lipinski definition) is 20. The SMILES string of the molecule is C[Si](C)(O)O[Si](O[Si](O[SiH2]O)([SiH2]O)[SiH2]O)([Si](O[SiH2]O)([SiH2]O)[SiH2]O)[Si](O[SiH2]O)([Si](O)([SiH2]O)[SiH2]O)[Si](O[SiH2]O)([SiH2]O)[SiH2]O. The summed E-state index contributed by atoms with van der Waals surface area (Å²) < 4.78 is 36.5. The van der Waals surface area contributed by atoms with E-state index in [4.69, 9.17) is 24.7 Å². The van der Waals surface area contributed by atoms with Crippen LogP contribution in [0.4, 0.5) is 0 Å². The van der Waals surface area contributed by atoms with E-state index in [0.29, 0.717) is 0 Å². The van der Waals surface area contributed by atoms with Gasteiger partial charge in [-0.25, -0.2) is 0 Å². The molecule has 0 saturated heterocycles. The third-order valence-electron chi connectivity index (χ3n) is 6.40. The molecule has 2 unspecified atom stereocenters. The van der Waals surface area contributed by atoms with Crippen molar-refractivity contribution < 1.29 is 91.8 Å². The first-order valence-electron chi connectivity index (χ1n) is 11.9. The van der Waals surface area contributed by atoms with Crippen LogP contribution in [0.5, 0.6) is 0 Å². The van der Waals surface area contributed by atoms with Crippen molar-refractivity contribution in [1.82, 2.24) is 0 Å². The third kappa shape index (κ3) is 8.87. The van der Waals surface area contributed by atoms with Crippen molar-refractivity contribution in [1.29, 1.82) is 0 Å². The van der Waals surface area contributed by atoms with E-state index in [0.717, 1.165) is 0 Å². The van der Waals surface area contributed by atoms with Gasteiger partial charge in [0, 0.05) is 0 Å². The molecule has 0 spiro atoms. The highest BCUT2D eigenvalue weighted by molar-refractivity contribution is 8.15. The van der Waals surface area contributed by atoms with Gasteiger partial charge in [0.1, 0.15) is 0 Å². The van der Waals surface area contributed by atoms with Crippen LogP contribution < -0.4 is 0 Å². The van der Waals surface area contributed by atoms with Gasteiger partial charge in [-0.15, -0.1) is 0 Å². The second kappa shape index (κ2) is 19.4. The summed E-state index contributed by atoms with van der Waals surface area (Å²) in [6.45, 7) is -16.6. The maximum atomic E-state index is 12.4. The van der Waals surface area contributed by atoms with Crippen LogP contribution in [-0.4, -0.2) is 233 Å². The standard InChI is InChI=1S/C2H44O20Si19/c1-35(2,15)21-38(39(31-11,32-12)18-24-4,22-37(29-9,30-10)17-23-3)41(20-26-6,36(16,27-7)28-8)40(33-13,34-14)19-25-5/h3-16H,23-34H2,1-2H3. The summed E-state index contributed by atoms with van der Waals surface area (Å²) >= 11 is 0. The first-order chi connectivity index (χ1) is 19.1. The quantitative estimate of drug-likeness (QED) is 0.0400. The first kappa shape index (κ1) is 44.3. The van der Waals surface area contributed by atoms with Crippen molar-refractivity contribution in [3.05, 3.63) is 0 Å². The van der Waals surface area contributed by atoms with E-state index in [2.05, 4.69) is 0 Å². The lowest BCUT2D eigenvalue weighted by molar-refractivity contribution is 0.305. The smallest absolute Gasteiger partial charge is 0.338 e. The summed E-state index contributed by atoms with van der Waals surface area (Å²) in [6, 6.07) is 0. The van der Waals surface area contributed by atoms with Crippen LogP contribution >= 0.6 is 0 Å². The van der Waals surface area contributed by atoms with Crippen LogP contribution in [0.3, 0.4) is 0 Å². The zero-order valence-corrected chi connectivity index (χ0v) is 46.7. The molecular formula is C2H44O20Si19. The molecule has 0 heterocycles. The monoisotopic (exact) mass is 920 g/mol. The molecule has 0 aliphatic carbocycles. The molecule has 0 bridgehead atoms. The van der Waals surface area contributed by atoms with E-state index in [1.807, 2.05) is 0 Å². The zero-order chi connectivity index (χ0) is 32.2. The lowest BCUT2D eigenvalue weighted by atomic mass is 11.9. The van der Waals surface area contributed by atoms with Gasteiger partial charge in [0.05, 0.1) is 0 Å². The molecule has 0 aliphatic rings. The fourth-order valence-corrected chi connectivity index (χ4v) is 345. The van der Waals surface area contributed by atoms with Crippen molar-refractivity contribution >= 4 is 166 Å². The van der Waals surface area contributed by atoms with Crippen LogP contribution in [0, 0.1) is 0 Å². The molecule has 0 radical (unpaired) electrons. The fraction of sp³-hybridized carbons (Fsp3) is 1.00. The molecule has 0 aliphatic heterocycles. The third-order valence-corrected chi connectivity index (χ3v) is 198. The summed E-state index contributed by atoms with van der Waals surface area (Å²) in [5.41, 5.74) is 0. The Labute approximate surface area is 268 Å². The molecule has 0 aromatic rings. The molecular weight excluding hydrogens is 878 g/mol. The largest absolute Gasteiger partial charge is 0.441 e. The average molecular weight is 922 g/mol. The molecule has 0 saturated carbocycles. The Kier molecular flexibility index (Phi) is 20.9. The second-order valence-corrected chi connectivity index (χ2v) is 116. The van der Waals surface area contributed by atoms with Crippen LogP contribution in [0.15, 0.2) is 0 Å². The number of hydrogen-bond donors (Lipinski definition) is 14. The predicted octanol–water partition coefficient (Wildman–Crippen LogP) is -20.7. The van der Waals surface area contributed by atoms with Crippen molar-refractivity contribution in [3.8, 4) is 0 Å². The second-order valence-electron chi connectivity index (χ2n) is 9.24. The minimum absolute atomic E-state index is 1.23. The van der Waals surface area contributed by atoms with Gasteiger partial charge >= 0.3 is 23.8 Å². The summed E-state index contributed by atoms with van der Waals surface area (Å²) in [5.74, 6) is 0.